The maximum atomic E-state index is 6.26. The lowest BCUT2D eigenvalue weighted by molar-refractivity contribution is 0.577. The van der Waals surface area contributed by atoms with Crippen LogP contribution in [0.25, 0.3) is 0 Å². The first-order chi connectivity index (χ1) is 8.15. The van der Waals surface area contributed by atoms with Gasteiger partial charge in [0.2, 0.25) is 0 Å². The van der Waals surface area contributed by atoms with Crippen LogP contribution in [0.15, 0.2) is 24.3 Å². The summed E-state index contributed by atoms with van der Waals surface area (Å²) >= 11 is 8.24. The molecule has 1 aromatic rings. The van der Waals surface area contributed by atoms with Gasteiger partial charge in [0.25, 0.3) is 0 Å². The third kappa shape index (κ3) is 5.33. The van der Waals surface area contributed by atoms with Crippen LogP contribution in [0.3, 0.4) is 0 Å². The van der Waals surface area contributed by atoms with Crippen LogP contribution < -0.4 is 5.32 Å². The zero-order valence-corrected chi connectivity index (χ0v) is 12.4. The molecule has 1 unspecified atom stereocenters. The fourth-order valence-electron chi connectivity index (χ4n) is 1.62. The first-order valence-electron chi connectivity index (χ1n) is 6.24. The summed E-state index contributed by atoms with van der Waals surface area (Å²) in [6.45, 7) is 7.68. The lowest BCUT2D eigenvalue weighted by Crippen LogP contribution is -2.25. The monoisotopic (exact) mass is 271 g/mol. The van der Waals surface area contributed by atoms with Crippen LogP contribution in [0.4, 0.5) is 0 Å². The van der Waals surface area contributed by atoms with Crippen molar-refractivity contribution in [3.05, 3.63) is 34.9 Å². The molecule has 1 atom stereocenters. The molecular formula is C14H22ClNS. The Hall–Kier alpha value is -0.180. The highest BCUT2D eigenvalue weighted by Gasteiger charge is 2.14. The average molecular weight is 272 g/mol. The van der Waals surface area contributed by atoms with Gasteiger partial charge in [-0.3, -0.25) is 0 Å². The molecule has 0 aliphatic heterocycles. The molecule has 96 valence electrons. The van der Waals surface area contributed by atoms with Crippen molar-refractivity contribution in [3.8, 4) is 0 Å². The van der Waals surface area contributed by atoms with Crippen LogP contribution in [-0.2, 0) is 0 Å². The maximum Gasteiger partial charge on any atom is 0.0454 e. The minimum Gasteiger partial charge on any atom is -0.309 e. The van der Waals surface area contributed by atoms with Gasteiger partial charge in [0.05, 0.1) is 0 Å². The minimum absolute atomic E-state index is 0.357. The molecule has 1 rings (SSSR count). The number of rotatable bonds is 7. The minimum atomic E-state index is 0.357. The third-order valence-corrected chi connectivity index (χ3v) is 4.05. The van der Waals surface area contributed by atoms with E-state index in [4.69, 9.17) is 11.6 Å². The lowest BCUT2D eigenvalue weighted by Gasteiger charge is -2.20. The first-order valence-corrected chi connectivity index (χ1v) is 7.67. The van der Waals surface area contributed by atoms with Crippen LogP contribution in [-0.4, -0.2) is 17.5 Å². The summed E-state index contributed by atoms with van der Waals surface area (Å²) < 4.78 is 0. The Balaban J connectivity index is 2.71. The van der Waals surface area contributed by atoms with E-state index in [0.717, 1.165) is 23.7 Å². The predicted octanol–water partition coefficient (Wildman–Crippen LogP) is 4.52. The van der Waals surface area contributed by atoms with Gasteiger partial charge in [0.1, 0.15) is 0 Å². The molecule has 1 nitrogen and oxygen atoms in total. The van der Waals surface area contributed by atoms with Gasteiger partial charge in [-0.15, -0.1) is 0 Å². The molecule has 3 heteroatoms. The highest BCUT2D eigenvalue weighted by Crippen LogP contribution is 2.26. The number of halogens is 1. The van der Waals surface area contributed by atoms with Gasteiger partial charge in [-0.05, 0) is 29.8 Å². The molecule has 17 heavy (non-hydrogen) atoms. The van der Waals surface area contributed by atoms with Crippen molar-refractivity contribution in [2.24, 2.45) is 0 Å². The Morgan fingerprint density at radius 3 is 2.59 bits per heavy atom. The van der Waals surface area contributed by atoms with Gasteiger partial charge in [-0.1, -0.05) is 50.6 Å². The lowest BCUT2D eigenvalue weighted by atomic mass is 10.1. The smallest absolute Gasteiger partial charge is 0.0454 e. The Morgan fingerprint density at radius 1 is 1.29 bits per heavy atom. The molecule has 0 saturated carbocycles. The molecule has 0 aliphatic rings. The van der Waals surface area contributed by atoms with E-state index >= 15 is 0 Å². The Kier molecular flexibility index (Phi) is 7.02. The first kappa shape index (κ1) is 14.9. The summed E-state index contributed by atoms with van der Waals surface area (Å²) in [6.07, 6.45) is 1.15. The summed E-state index contributed by atoms with van der Waals surface area (Å²) in [4.78, 5) is 0. The maximum absolute atomic E-state index is 6.26. The van der Waals surface area contributed by atoms with E-state index in [-0.39, 0.29) is 0 Å². The molecule has 0 aromatic heterocycles. The normalized spacial score (nSPS) is 13.0. The fourth-order valence-corrected chi connectivity index (χ4v) is 2.77. The molecule has 0 amide bonds. The molecule has 0 spiro atoms. The Morgan fingerprint density at radius 2 is 2.00 bits per heavy atom. The van der Waals surface area contributed by atoms with Crippen molar-refractivity contribution in [1.29, 1.82) is 0 Å². The largest absolute Gasteiger partial charge is 0.309 e. The molecule has 0 saturated heterocycles. The van der Waals surface area contributed by atoms with E-state index in [9.17, 15) is 0 Å². The molecule has 1 aromatic carbocycles. The zero-order chi connectivity index (χ0) is 12.7. The molecule has 0 bridgehead atoms. The second-order valence-corrected chi connectivity index (χ2v) is 6.43. The van der Waals surface area contributed by atoms with Gasteiger partial charge >= 0.3 is 0 Å². The van der Waals surface area contributed by atoms with Crippen molar-refractivity contribution < 1.29 is 0 Å². The van der Waals surface area contributed by atoms with E-state index in [0.29, 0.717) is 11.3 Å². The van der Waals surface area contributed by atoms with Crippen molar-refractivity contribution in [3.63, 3.8) is 0 Å². The second kappa shape index (κ2) is 8.02. The quantitative estimate of drug-likeness (QED) is 0.782. The average Bonchev–Trinajstić information content (AvgIpc) is 2.30. The third-order valence-electron chi connectivity index (χ3n) is 2.52. The number of thioether (sulfide) groups is 1. The van der Waals surface area contributed by atoms with Crippen molar-refractivity contribution in [2.45, 2.75) is 38.5 Å². The van der Waals surface area contributed by atoms with Crippen LogP contribution in [0, 0.1) is 0 Å². The standard InChI is InChI=1S/C14H22ClNS/c1-4-9-16-14(10-17-11(2)3)12-7-5-6-8-13(12)15/h5-8,11,14,16H,4,9-10H2,1-3H3. The molecule has 1 N–H and O–H groups in total. The molecule has 0 aliphatic carbocycles. The summed E-state index contributed by atoms with van der Waals surface area (Å²) in [6, 6.07) is 8.49. The summed E-state index contributed by atoms with van der Waals surface area (Å²) in [5.41, 5.74) is 1.22. The van der Waals surface area contributed by atoms with Gasteiger partial charge in [0, 0.05) is 16.8 Å². The van der Waals surface area contributed by atoms with Crippen LogP contribution >= 0.6 is 23.4 Å². The molecular weight excluding hydrogens is 250 g/mol. The summed E-state index contributed by atoms with van der Waals surface area (Å²) in [5, 5.41) is 5.10. The fraction of sp³-hybridized carbons (Fsp3) is 0.571. The van der Waals surface area contributed by atoms with Gasteiger partial charge in [-0.25, -0.2) is 0 Å². The Bertz CT molecular complexity index is 328. The SMILES string of the molecule is CCCNC(CSC(C)C)c1ccccc1Cl. The van der Waals surface area contributed by atoms with E-state index in [1.807, 2.05) is 23.9 Å². The number of benzene rings is 1. The van der Waals surface area contributed by atoms with Crippen LogP contribution in [0.5, 0.6) is 0 Å². The molecule has 0 radical (unpaired) electrons. The van der Waals surface area contributed by atoms with Gasteiger partial charge in [0.15, 0.2) is 0 Å². The van der Waals surface area contributed by atoms with E-state index in [1.165, 1.54) is 5.56 Å². The topological polar surface area (TPSA) is 12.0 Å². The van der Waals surface area contributed by atoms with Crippen LogP contribution in [0.1, 0.15) is 38.8 Å². The van der Waals surface area contributed by atoms with Gasteiger partial charge < -0.3 is 5.32 Å². The van der Waals surface area contributed by atoms with E-state index in [2.05, 4.69) is 38.2 Å². The highest BCUT2D eigenvalue weighted by atomic mass is 35.5. The van der Waals surface area contributed by atoms with Crippen molar-refractivity contribution in [1.82, 2.24) is 5.32 Å². The van der Waals surface area contributed by atoms with Crippen molar-refractivity contribution in [2.75, 3.05) is 12.3 Å². The Labute approximate surface area is 114 Å². The van der Waals surface area contributed by atoms with E-state index < -0.39 is 0 Å². The highest BCUT2D eigenvalue weighted by molar-refractivity contribution is 7.99. The number of nitrogens with one attached hydrogen (secondary N) is 1. The van der Waals surface area contributed by atoms with E-state index in [1.54, 1.807) is 0 Å². The predicted molar refractivity (Wildman–Crippen MR) is 80.1 cm³/mol. The number of hydrogen-bond donors (Lipinski definition) is 1. The van der Waals surface area contributed by atoms with Crippen molar-refractivity contribution >= 4 is 23.4 Å². The second-order valence-electron chi connectivity index (χ2n) is 4.41. The molecule has 0 fully saturated rings. The summed E-state index contributed by atoms with van der Waals surface area (Å²) in [7, 11) is 0. The van der Waals surface area contributed by atoms with Gasteiger partial charge in [-0.2, -0.15) is 11.8 Å². The summed E-state index contributed by atoms with van der Waals surface area (Å²) in [5.74, 6) is 1.07. The number of hydrogen-bond acceptors (Lipinski definition) is 2. The zero-order valence-electron chi connectivity index (χ0n) is 10.9. The molecule has 0 heterocycles. The van der Waals surface area contributed by atoms with Crippen LogP contribution in [0.2, 0.25) is 5.02 Å².